The summed E-state index contributed by atoms with van der Waals surface area (Å²) in [7, 11) is 0. The summed E-state index contributed by atoms with van der Waals surface area (Å²) in [4.78, 5) is 31.3. The first-order valence-corrected chi connectivity index (χ1v) is 7.92. The zero-order chi connectivity index (χ0) is 16.5. The molecule has 23 heavy (non-hydrogen) atoms. The van der Waals surface area contributed by atoms with Gasteiger partial charge in [0.15, 0.2) is 5.96 Å². The number of piperazine rings is 1. The van der Waals surface area contributed by atoms with E-state index in [2.05, 4.69) is 15.2 Å². The van der Waals surface area contributed by atoms with Gasteiger partial charge in [-0.3, -0.25) is 14.6 Å². The summed E-state index contributed by atoms with van der Waals surface area (Å²) in [5.74, 6) is 0.678. The Morgan fingerprint density at radius 2 is 1.74 bits per heavy atom. The van der Waals surface area contributed by atoms with E-state index in [0.29, 0.717) is 19.6 Å². The molecule has 1 amide bonds. The third kappa shape index (κ3) is 8.38. The van der Waals surface area contributed by atoms with Gasteiger partial charge in [-0.2, -0.15) is 0 Å². The van der Waals surface area contributed by atoms with Gasteiger partial charge >= 0.3 is 5.97 Å². The lowest BCUT2D eigenvalue weighted by Gasteiger charge is -2.36. The summed E-state index contributed by atoms with van der Waals surface area (Å²) >= 11 is 0. The molecule has 1 fully saturated rings. The molecule has 0 aromatic rings. The van der Waals surface area contributed by atoms with E-state index in [1.54, 1.807) is 6.92 Å². The Labute approximate surface area is 155 Å². The lowest BCUT2D eigenvalue weighted by atomic mass is 10.3. The highest BCUT2D eigenvalue weighted by Crippen LogP contribution is 2.03. The lowest BCUT2D eigenvalue weighted by Crippen LogP contribution is -2.53. The molecule has 1 N–H and O–H groups in total. The van der Waals surface area contributed by atoms with Gasteiger partial charge < -0.3 is 19.9 Å². The van der Waals surface area contributed by atoms with Gasteiger partial charge in [0.1, 0.15) is 0 Å². The van der Waals surface area contributed by atoms with Crippen molar-refractivity contribution in [1.82, 2.24) is 15.1 Å². The molecule has 1 rings (SSSR count). The van der Waals surface area contributed by atoms with E-state index in [0.717, 1.165) is 25.6 Å². The van der Waals surface area contributed by atoms with Gasteiger partial charge in [-0.1, -0.05) is 0 Å². The summed E-state index contributed by atoms with van der Waals surface area (Å²) in [5.41, 5.74) is 0. The molecule has 0 bridgehead atoms. The molecular formula is C15H29IN4O3. The number of guanidine groups is 1. The number of carbonyl (C=O) groups is 2. The van der Waals surface area contributed by atoms with Gasteiger partial charge in [0.05, 0.1) is 19.1 Å². The number of rotatable bonds is 5. The molecule has 1 saturated heterocycles. The Morgan fingerprint density at radius 3 is 2.22 bits per heavy atom. The van der Waals surface area contributed by atoms with Crippen molar-refractivity contribution in [2.45, 2.75) is 40.2 Å². The molecular weight excluding hydrogens is 411 g/mol. The van der Waals surface area contributed by atoms with Crippen LogP contribution in [-0.4, -0.2) is 73.0 Å². The molecule has 1 aliphatic rings. The maximum atomic E-state index is 11.5. The number of ether oxygens (including phenoxy) is 1. The van der Waals surface area contributed by atoms with Gasteiger partial charge in [0.25, 0.3) is 0 Å². The van der Waals surface area contributed by atoms with Crippen LogP contribution in [0.1, 0.15) is 34.1 Å². The average Bonchev–Trinajstić information content (AvgIpc) is 2.45. The number of nitrogens with zero attached hydrogens (tertiary/aromatic N) is 3. The minimum atomic E-state index is -0.226. The lowest BCUT2D eigenvalue weighted by molar-refractivity contribution is -0.147. The molecule has 0 aromatic carbocycles. The van der Waals surface area contributed by atoms with Crippen LogP contribution in [0.15, 0.2) is 4.99 Å². The fourth-order valence-electron chi connectivity index (χ4n) is 2.23. The molecule has 1 aliphatic heterocycles. The van der Waals surface area contributed by atoms with E-state index >= 15 is 0 Å². The van der Waals surface area contributed by atoms with E-state index in [1.165, 1.54) is 0 Å². The molecule has 0 spiro atoms. The second-order valence-electron chi connectivity index (χ2n) is 5.52. The third-order valence-electron chi connectivity index (χ3n) is 3.30. The Hall–Kier alpha value is -1.06. The number of hydrogen-bond acceptors (Lipinski definition) is 4. The Bertz CT molecular complexity index is 408. The SMILES string of the molecule is CCNC(=NCCC(=O)OC(C)C)N1CCN(C(C)=O)CC1.I. The first kappa shape index (κ1) is 21.9. The van der Waals surface area contributed by atoms with Gasteiger partial charge in [-0.15, -0.1) is 24.0 Å². The number of aliphatic imine (C=N–C) groups is 1. The van der Waals surface area contributed by atoms with Crippen molar-refractivity contribution in [3.05, 3.63) is 0 Å². The molecule has 0 aliphatic carbocycles. The zero-order valence-electron chi connectivity index (χ0n) is 14.5. The topological polar surface area (TPSA) is 74.2 Å². The maximum absolute atomic E-state index is 11.5. The van der Waals surface area contributed by atoms with Crippen LogP contribution < -0.4 is 5.32 Å². The summed E-state index contributed by atoms with van der Waals surface area (Å²) in [6.07, 6.45) is 0.185. The summed E-state index contributed by atoms with van der Waals surface area (Å²) < 4.78 is 5.09. The highest BCUT2D eigenvalue weighted by atomic mass is 127. The Balaban J connectivity index is 0.00000484. The maximum Gasteiger partial charge on any atom is 0.307 e. The van der Waals surface area contributed by atoms with Gasteiger partial charge in [0.2, 0.25) is 5.91 Å². The molecule has 8 heteroatoms. The predicted molar refractivity (Wildman–Crippen MR) is 101 cm³/mol. The van der Waals surface area contributed by atoms with E-state index in [-0.39, 0.29) is 48.4 Å². The van der Waals surface area contributed by atoms with E-state index in [9.17, 15) is 9.59 Å². The summed E-state index contributed by atoms with van der Waals surface area (Å²) in [5, 5.41) is 3.23. The second kappa shape index (κ2) is 11.5. The summed E-state index contributed by atoms with van der Waals surface area (Å²) in [6.45, 7) is 11.3. The van der Waals surface area contributed by atoms with Crippen LogP contribution in [-0.2, 0) is 14.3 Å². The number of halogens is 1. The molecule has 0 saturated carbocycles. The number of esters is 1. The van der Waals surface area contributed by atoms with Crippen molar-refractivity contribution in [2.24, 2.45) is 4.99 Å². The largest absolute Gasteiger partial charge is 0.463 e. The van der Waals surface area contributed by atoms with Gasteiger partial charge in [0, 0.05) is 39.6 Å². The molecule has 0 radical (unpaired) electrons. The van der Waals surface area contributed by atoms with E-state index < -0.39 is 0 Å². The van der Waals surface area contributed by atoms with Crippen molar-refractivity contribution >= 4 is 41.8 Å². The van der Waals surface area contributed by atoms with Crippen LogP contribution in [0.5, 0.6) is 0 Å². The number of hydrogen-bond donors (Lipinski definition) is 1. The predicted octanol–water partition coefficient (Wildman–Crippen LogP) is 1.08. The normalized spacial score (nSPS) is 15.3. The monoisotopic (exact) mass is 440 g/mol. The fraction of sp³-hybridized carbons (Fsp3) is 0.800. The van der Waals surface area contributed by atoms with Crippen molar-refractivity contribution in [3.63, 3.8) is 0 Å². The van der Waals surface area contributed by atoms with E-state index in [4.69, 9.17) is 4.74 Å². The molecule has 0 atom stereocenters. The smallest absolute Gasteiger partial charge is 0.307 e. The standard InChI is InChI=1S/C15H28N4O3.HI/c1-5-16-15(17-7-6-14(21)22-12(2)3)19-10-8-18(9-11-19)13(4)20;/h12H,5-11H2,1-4H3,(H,16,17);1H. The van der Waals surface area contributed by atoms with Crippen LogP contribution in [0.3, 0.4) is 0 Å². The minimum Gasteiger partial charge on any atom is -0.463 e. The first-order valence-electron chi connectivity index (χ1n) is 7.92. The van der Waals surface area contributed by atoms with Gasteiger partial charge in [-0.05, 0) is 20.8 Å². The Morgan fingerprint density at radius 1 is 1.17 bits per heavy atom. The highest BCUT2D eigenvalue weighted by molar-refractivity contribution is 14.0. The first-order chi connectivity index (χ1) is 10.4. The molecule has 1 heterocycles. The van der Waals surface area contributed by atoms with Crippen molar-refractivity contribution in [1.29, 1.82) is 0 Å². The van der Waals surface area contributed by atoms with Crippen LogP contribution >= 0.6 is 24.0 Å². The molecule has 0 aromatic heterocycles. The minimum absolute atomic E-state index is 0. The number of amides is 1. The Kier molecular flexibility index (Phi) is 10.9. The second-order valence-corrected chi connectivity index (χ2v) is 5.52. The average molecular weight is 440 g/mol. The quantitative estimate of drug-likeness (QED) is 0.300. The van der Waals surface area contributed by atoms with Crippen LogP contribution in [0.25, 0.3) is 0 Å². The molecule has 7 nitrogen and oxygen atoms in total. The fourth-order valence-corrected chi connectivity index (χ4v) is 2.23. The third-order valence-corrected chi connectivity index (χ3v) is 3.30. The summed E-state index contributed by atoms with van der Waals surface area (Å²) in [6, 6.07) is 0. The van der Waals surface area contributed by atoms with E-state index in [1.807, 2.05) is 25.7 Å². The highest BCUT2D eigenvalue weighted by Gasteiger charge is 2.20. The van der Waals surface area contributed by atoms with Crippen molar-refractivity contribution < 1.29 is 14.3 Å². The van der Waals surface area contributed by atoms with Crippen LogP contribution in [0.2, 0.25) is 0 Å². The van der Waals surface area contributed by atoms with Crippen molar-refractivity contribution in [2.75, 3.05) is 39.3 Å². The van der Waals surface area contributed by atoms with Crippen molar-refractivity contribution in [3.8, 4) is 0 Å². The number of nitrogens with one attached hydrogen (secondary N) is 1. The van der Waals surface area contributed by atoms with Crippen LogP contribution in [0.4, 0.5) is 0 Å². The van der Waals surface area contributed by atoms with Gasteiger partial charge in [-0.25, -0.2) is 0 Å². The molecule has 0 unspecified atom stereocenters. The van der Waals surface area contributed by atoms with Crippen LogP contribution in [0, 0.1) is 0 Å². The number of carbonyl (C=O) groups excluding carboxylic acids is 2. The molecule has 134 valence electrons. The zero-order valence-corrected chi connectivity index (χ0v) is 16.8.